The van der Waals surface area contributed by atoms with Gasteiger partial charge in [0, 0.05) is 11.6 Å². The minimum atomic E-state index is -0.234. The molecule has 1 aromatic carbocycles. The average Bonchev–Trinajstić information content (AvgIpc) is 2.08. The lowest BCUT2D eigenvalue weighted by molar-refractivity contribution is 0.313. The van der Waals surface area contributed by atoms with Crippen LogP contribution >= 0.6 is 0 Å². The second-order valence-electron chi connectivity index (χ2n) is 4.04. The number of nitrogens with zero attached hydrogens (tertiary/aromatic N) is 1. The minimum absolute atomic E-state index is 0.216. The van der Waals surface area contributed by atoms with Gasteiger partial charge in [0.1, 0.15) is 5.82 Å². The molecule has 0 aliphatic rings. The monoisotopic (exact) mass is 195 g/mol. The highest BCUT2D eigenvalue weighted by molar-refractivity contribution is 5.64. The van der Waals surface area contributed by atoms with Crippen LogP contribution in [0.2, 0.25) is 0 Å². The van der Waals surface area contributed by atoms with Gasteiger partial charge in [-0.1, -0.05) is 26.0 Å². The van der Waals surface area contributed by atoms with Crippen molar-refractivity contribution in [1.82, 2.24) is 0 Å². The van der Waals surface area contributed by atoms with Gasteiger partial charge >= 0.3 is 0 Å². The van der Waals surface area contributed by atoms with Crippen LogP contribution in [0.25, 0.3) is 0 Å². The zero-order chi connectivity index (χ0) is 10.6. The average molecular weight is 195 g/mol. The first-order chi connectivity index (χ1) is 6.53. The predicted octanol–water partition coefficient (Wildman–Crippen LogP) is 2.85. The first-order valence-electron chi connectivity index (χ1n) is 4.46. The highest BCUT2D eigenvalue weighted by Crippen LogP contribution is 2.19. The van der Waals surface area contributed by atoms with Crippen molar-refractivity contribution >= 4 is 6.21 Å². The fraction of sp³-hybridized carbons (Fsp3) is 0.364. The largest absolute Gasteiger partial charge is 0.411 e. The van der Waals surface area contributed by atoms with Gasteiger partial charge in [0.05, 0.1) is 0 Å². The van der Waals surface area contributed by atoms with E-state index in [1.54, 1.807) is 12.1 Å². The van der Waals surface area contributed by atoms with Crippen LogP contribution in [0, 0.1) is 11.2 Å². The predicted molar refractivity (Wildman–Crippen MR) is 54.2 cm³/mol. The molecule has 1 rings (SSSR count). The second kappa shape index (κ2) is 4.22. The lowest BCUT2D eigenvalue weighted by Crippen LogP contribution is -2.16. The summed E-state index contributed by atoms with van der Waals surface area (Å²) in [5, 5.41) is 11.5. The molecule has 0 unspecified atom stereocenters. The maximum Gasteiger partial charge on any atom is 0.123 e. The van der Waals surface area contributed by atoms with Gasteiger partial charge in [-0.2, -0.15) is 0 Å². The Bertz CT molecular complexity index is 317. The molecule has 0 fully saturated rings. The first kappa shape index (κ1) is 10.7. The van der Waals surface area contributed by atoms with Crippen LogP contribution in [0.4, 0.5) is 4.39 Å². The molecule has 3 heteroatoms. The van der Waals surface area contributed by atoms with Gasteiger partial charge in [-0.15, -0.1) is 5.16 Å². The van der Waals surface area contributed by atoms with Gasteiger partial charge < -0.3 is 5.21 Å². The van der Waals surface area contributed by atoms with Crippen LogP contribution in [0.1, 0.15) is 19.4 Å². The van der Waals surface area contributed by atoms with E-state index in [0.717, 1.165) is 12.0 Å². The van der Waals surface area contributed by atoms with E-state index >= 15 is 0 Å². The number of oxime groups is 1. The molecule has 0 aliphatic heterocycles. The molecule has 14 heavy (non-hydrogen) atoms. The fourth-order valence-corrected chi connectivity index (χ4v) is 1.33. The number of halogens is 1. The summed E-state index contributed by atoms with van der Waals surface area (Å²) in [7, 11) is 0. The van der Waals surface area contributed by atoms with Crippen LogP contribution in [0.15, 0.2) is 29.4 Å². The van der Waals surface area contributed by atoms with Gasteiger partial charge in [-0.3, -0.25) is 0 Å². The molecule has 0 bridgehead atoms. The Kier molecular flexibility index (Phi) is 3.23. The summed E-state index contributed by atoms with van der Waals surface area (Å²) in [4.78, 5) is 0. The van der Waals surface area contributed by atoms with Crippen molar-refractivity contribution in [2.24, 2.45) is 10.6 Å². The molecule has 1 aromatic rings. The van der Waals surface area contributed by atoms with Crippen molar-refractivity contribution < 1.29 is 9.60 Å². The summed E-state index contributed by atoms with van der Waals surface area (Å²) in [6, 6.07) is 6.34. The number of hydrogen-bond donors (Lipinski definition) is 1. The highest BCUT2D eigenvalue weighted by Gasteiger charge is 2.15. The number of benzene rings is 1. The Morgan fingerprint density at radius 3 is 2.43 bits per heavy atom. The number of hydrogen-bond acceptors (Lipinski definition) is 2. The molecule has 0 saturated heterocycles. The van der Waals surface area contributed by atoms with Crippen molar-refractivity contribution in [3.05, 3.63) is 35.6 Å². The van der Waals surface area contributed by atoms with Gasteiger partial charge in [-0.05, 0) is 24.1 Å². The molecule has 0 saturated carbocycles. The zero-order valence-corrected chi connectivity index (χ0v) is 8.37. The molecule has 0 aliphatic carbocycles. The molecular formula is C11H14FNO. The van der Waals surface area contributed by atoms with E-state index in [2.05, 4.69) is 5.16 Å². The third-order valence-electron chi connectivity index (χ3n) is 1.98. The van der Waals surface area contributed by atoms with Crippen molar-refractivity contribution in [2.45, 2.75) is 20.3 Å². The SMILES string of the molecule is CC(C)(C=NO)Cc1ccc(F)cc1. The minimum Gasteiger partial charge on any atom is -0.411 e. The van der Waals surface area contributed by atoms with Crippen molar-refractivity contribution in [3.8, 4) is 0 Å². The van der Waals surface area contributed by atoms with Crippen LogP contribution in [-0.2, 0) is 6.42 Å². The van der Waals surface area contributed by atoms with E-state index in [4.69, 9.17) is 5.21 Å². The van der Waals surface area contributed by atoms with Crippen LogP contribution in [0.3, 0.4) is 0 Å². The summed E-state index contributed by atoms with van der Waals surface area (Å²) < 4.78 is 12.6. The normalized spacial score (nSPS) is 12.2. The van der Waals surface area contributed by atoms with Gasteiger partial charge in [-0.25, -0.2) is 4.39 Å². The van der Waals surface area contributed by atoms with E-state index in [9.17, 15) is 4.39 Å². The third-order valence-corrected chi connectivity index (χ3v) is 1.98. The standard InChI is InChI=1S/C11H14FNO/c1-11(2,8-13-14)7-9-3-5-10(12)6-4-9/h3-6,8,14H,7H2,1-2H3. The Morgan fingerprint density at radius 2 is 1.93 bits per heavy atom. The highest BCUT2D eigenvalue weighted by atomic mass is 19.1. The van der Waals surface area contributed by atoms with E-state index in [0.29, 0.717) is 0 Å². The molecule has 0 amide bonds. The first-order valence-corrected chi connectivity index (χ1v) is 4.46. The molecular weight excluding hydrogens is 181 g/mol. The van der Waals surface area contributed by atoms with E-state index in [-0.39, 0.29) is 11.2 Å². The van der Waals surface area contributed by atoms with Crippen LogP contribution in [0.5, 0.6) is 0 Å². The Morgan fingerprint density at radius 1 is 1.36 bits per heavy atom. The lowest BCUT2D eigenvalue weighted by atomic mass is 9.87. The summed E-state index contributed by atoms with van der Waals surface area (Å²) in [6.07, 6.45) is 2.20. The van der Waals surface area contributed by atoms with Crippen LogP contribution < -0.4 is 0 Å². The molecule has 0 aromatic heterocycles. The fourth-order valence-electron chi connectivity index (χ4n) is 1.33. The van der Waals surface area contributed by atoms with Crippen molar-refractivity contribution in [3.63, 3.8) is 0 Å². The van der Waals surface area contributed by atoms with E-state index in [1.165, 1.54) is 18.3 Å². The molecule has 2 nitrogen and oxygen atoms in total. The smallest absolute Gasteiger partial charge is 0.123 e. The third kappa shape index (κ3) is 3.17. The van der Waals surface area contributed by atoms with Gasteiger partial charge in [0.25, 0.3) is 0 Å². The zero-order valence-electron chi connectivity index (χ0n) is 8.37. The summed E-state index contributed by atoms with van der Waals surface area (Å²) in [5.74, 6) is -0.234. The van der Waals surface area contributed by atoms with E-state index in [1.807, 2.05) is 13.8 Å². The van der Waals surface area contributed by atoms with Gasteiger partial charge in [0.15, 0.2) is 0 Å². The van der Waals surface area contributed by atoms with E-state index < -0.39 is 0 Å². The molecule has 0 spiro atoms. The molecule has 0 atom stereocenters. The summed E-state index contributed by atoms with van der Waals surface area (Å²) in [5.41, 5.74) is 0.809. The van der Waals surface area contributed by atoms with Crippen LogP contribution in [-0.4, -0.2) is 11.4 Å². The van der Waals surface area contributed by atoms with Crippen molar-refractivity contribution in [2.75, 3.05) is 0 Å². The quantitative estimate of drug-likeness (QED) is 0.449. The van der Waals surface area contributed by atoms with Crippen molar-refractivity contribution in [1.29, 1.82) is 0 Å². The summed E-state index contributed by atoms with van der Waals surface area (Å²) in [6.45, 7) is 3.91. The Balaban J connectivity index is 2.73. The number of rotatable bonds is 3. The Hall–Kier alpha value is -1.38. The maximum atomic E-state index is 12.6. The maximum absolute atomic E-state index is 12.6. The van der Waals surface area contributed by atoms with Gasteiger partial charge in [0.2, 0.25) is 0 Å². The molecule has 76 valence electrons. The second-order valence-corrected chi connectivity index (χ2v) is 4.04. The molecule has 0 heterocycles. The Labute approximate surface area is 83.1 Å². The topological polar surface area (TPSA) is 32.6 Å². The molecule has 1 N–H and O–H groups in total. The summed E-state index contributed by atoms with van der Waals surface area (Å²) >= 11 is 0. The molecule has 0 radical (unpaired) electrons. The lowest BCUT2D eigenvalue weighted by Gasteiger charge is -2.18.